The number of rotatable bonds is 3. The van der Waals surface area contributed by atoms with Crippen LogP contribution >= 0.6 is 35.0 Å². The van der Waals surface area contributed by atoms with Crippen molar-refractivity contribution >= 4 is 46.0 Å². The van der Waals surface area contributed by atoms with Gasteiger partial charge in [0.2, 0.25) is 0 Å². The zero-order valence-corrected chi connectivity index (χ0v) is 12.9. The van der Waals surface area contributed by atoms with Gasteiger partial charge in [0.15, 0.2) is 0 Å². The number of hydrogen-bond acceptors (Lipinski definition) is 2. The molecule has 0 aliphatic carbocycles. The predicted molar refractivity (Wildman–Crippen MR) is 84.8 cm³/mol. The number of alkyl halides is 1. The molecule has 2 aromatic rings. The van der Waals surface area contributed by atoms with Crippen molar-refractivity contribution in [2.45, 2.75) is 25.3 Å². The number of thioether (sulfide) groups is 1. The molecule has 0 atom stereocenters. The van der Waals surface area contributed by atoms with Crippen LogP contribution in [0, 0.1) is 0 Å². The number of halogens is 2. The molecule has 0 spiro atoms. The summed E-state index contributed by atoms with van der Waals surface area (Å²) in [6.45, 7) is 0. The number of imidazole rings is 1. The summed E-state index contributed by atoms with van der Waals surface area (Å²) in [5.74, 6) is 4.11. The molecule has 0 saturated carbocycles. The van der Waals surface area contributed by atoms with Crippen LogP contribution in [-0.2, 0) is 6.42 Å². The Morgan fingerprint density at radius 1 is 1.32 bits per heavy atom. The molecule has 1 aromatic heterocycles. The molecular weight excluding hydrogens is 299 g/mol. The fourth-order valence-corrected chi connectivity index (χ4v) is 4.26. The molecular formula is C14H16Cl2N2S. The summed E-state index contributed by atoms with van der Waals surface area (Å²) in [6, 6.07) is 6.46. The first kappa shape index (κ1) is 13.6. The van der Waals surface area contributed by atoms with Crippen molar-refractivity contribution in [2.75, 3.05) is 17.4 Å². The van der Waals surface area contributed by atoms with Gasteiger partial charge in [-0.15, -0.1) is 11.6 Å². The summed E-state index contributed by atoms with van der Waals surface area (Å²) >= 11 is 14.4. The van der Waals surface area contributed by atoms with Crippen LogP contribution in [0.2, 0.25) is 5.02 Å². The second-order valence-corrected chi connectivity index (χ2v) is 6.80. The van der Waals surface area contributed by atoms with E-state index in [9.17, 15) is 0 Å². The standard InChI is InChI=1S/C14H16Cl2N2S/c15-7-4-13-17-12-3-1-2-11(16)14(12)18(13)10-5-8-19-9-6-10/h1-3,10H,4-9H2. The van der Waals surface area contributed by atoms with Crippen LogP contribution in [0.5, 0.6) is 0 Å². The highest BCUT2D eigenvalue weighted by Gasteiger charge is 2.22. The summed E-state index contributed by atoms with van der Waals surface area (Å²) < 4.78 is 2.35. The van der Waals surface area contributed by atoms with Crippen molar-refractivity contribution in [3.63, 3.8) is 0 Å². The van der Waals surface area contributed by atoms with E-state index < -0.39 is 0 Å². The quantitative estimate of drug-likeness (QED) is 0.774. The first-order chi connectivity index (χ1) is 9.31. The Balaban J connectivity index is 2.14. The molecule has 1 fully saturated rings. The number of benzene rings is 1. The van der Waals surface area contributed by atoms with E-state index in [-0.39, 0.29) is 0 Å². The zero-order valence-electron chi connectivity index (χ0n) is 10.6. The van der Waals surface area contributed by atoms with Gasteiger partial charge in [0, 0.05) is 18.3 Å². The lowest BCUT2D eigenvalue weighted by molar-refractivity contribution is 0.466. The Morgan fingerprint density at radius 2 is 2.11 bits per heavy atom. The molecule has 1 aromatic carbocycles. The summed E-state index contributed by atoms with van der Waals surface area (Å²) in [5, 5.41) is 0.795. The number of aromatic nitrogens is 2. The maximum atomic E-state index is 6.40. The molecule has 1 aliphatic heterocycles. The number of nitrogens with zero attached hydrogens (tertiary/aromatic N) is 2. The zero-order chi connectivity index (χ0) is 13.2. The molecule has 102 valence electrons. The van der Waals surface area contributed by atoms with E-state index in [4.69, 9.17) is 28.2 Å². The Labute approximate surface area is 127 Å². The minimum Gasteiger partial charge on any atom is -0.324 e. The largest absolute Gasteiger partial charge is 0.324 e. The van der Waals surface area contributed by atoms with Crippen molar-refractivity contribution in [1.82, 2.24) is 9.55 Å². The average Bonchev–Trinajstić information content (AvgIpc) is 2.80. The molecule has 0 unspecified atom stereocenters. The highest BCUT2D eigenvalue weighted by molar-refractivity contribution is 7.99. The molecule has 2 nitrogen and oxygen atoms in total. The van der Waals surface area contributed by atoms with Crippen LogP contribution in [0.4, 0.5) is 0 Å². The van der Waals surface area contributed by atoms with Crippen LogP contribution in [0.15, 0.2) is 18.2 Å². The Kier molecular flexibility index (Phi) is 4.25. The third kappa shape index (κ3) is 2.61. The number of fused-ring (bicyclic) bond motifs is 1. The molecule has 0 N–H and O–H groups in total. The number of para-hydroxylation sites is 1. The second kappa shape index (κ2) is 5.94. The van der Waals surface area contributed by atoms with E-state index in [1.165, 1.54) is 24.3 Å². The van der Waals surface area contributed by atoms with Crippen LogP contribution < -0.4 is 0 Å². The van der Waals surface area contributed by atoms with Crippen molar-refractivity contribution in [2.24, 2.45) is 0 Å². The summed E-state index contributed by atoms with van der Waals surface area (Å²) in [7, 11) is 0. The highest BCUT2D eigenvalue weighted by atomic mass is 35.5. The first-order valence-corrected chi connectivity index (χ1v) is 8.67. The molecule has 0 amide bonds. The van der Waals surface area contributed by atoms with Crippen LogP contribution in [0.3, 0.4) is 0 Å². The van der Waals surface area contributed by atoms with E-state index in [1.54, 1.807) is 0 Å². The minimum atomic E-state index is 0.518. The Morgan fingerprint density at radius 3 is 2.84 bits per heavy atom. The van der Waals surface area contributed by atoms with Gasteiger partial charge in [-0.2, -0.15) is 11.8 Å². The highest BCUT2D eigenvalue weighted by Crippen LogP contribution is 2.34. The molecule has 3 rings (SSSR count). The fourth-order valence-electron chi connectivity index (χ4n) is 2.75. The van der Waals surface area contributed by atoms with Crippen LogP contribution in [-0.4, -0.2) is 26.9 Å². The normalized spacial score (nSPS) is 17.2. The van der Waals surface area contributed by atoms with Gasteiger partial charge < -0.3 is 4.57 Å². The number of hydrogen-bond donors (Lipinski definition) is 0. The summed E-state index contributed by atoms with van der Waals surface area (Å²) in [6.07, 6.45) is 3.18. The Bertz CT molecular complexity index is 576. The number of aryl methyl sites for hydroxylation is 1. The van der Waals surface area contributed by atoms with Crippen LogP contribution in [0.1, 0.15) is 24.7 Å². The van der Waals surface area contributed by atoms with Gasteiger partial charge in [0.1, 0.15) is 5.82 Å². The molecule has 1 saturated heterocycles. The maximum Gasteiger partial charge on any atom is 0.111 e. The van der Waals surface area contributed by atoms with Gasteiger partial charge in [-0.1, -0.05) is 17.7 Å². The molecule has 5 heteroatoms. The third-order valence-electron chi connectivity index (χ3n) is 3.61. The maximum absolute atomic E-state index is 6.40. The van der Waals surface area contributed by atoms with Gasteiger partial charge in [-0.05, 0) is 36.5 Å². The third-order valence-corrected chi connectivity index (χ3v) is 5.15. The smallest absolute Gasteiger partial charge is 0.111 e. The second-order valence-electron chi connectivity index (χ2n) is 4.79. The van der Waals surface area contributed by atoms with Crippen molar-refractivity contribution in [1.29, 1.82) is 0 Å². The molecule has 0 bridgehead atoms. The summed E-state index contributed by atoms with van der Waals surface area (Å²) in [5.41, 5.74) is 2.08. The van der Waals surface area contributed by atoms with Crippen molar-refractivity contribution in [3.05, 3.63) is 29.0 Å². The molecule has 19 heavy (non-hydrogen) atoms. The lowest BCUT2D eigenvalue weighted by atomic mass is 10.1. The topological polar surface area (TPSA) is 17.8 Å². The first-order valence-electron chi connectivity index (χ1n) is 6.60. The van der Waals surface area contributed by atoms with Gasteiger partial charge in [-0.3, -0.25) is 0 Å². The summed E-state index contributed by atoms with van der Waals surface area (Å²) in [4.78, 5) is 4.73. The van der Waals surface area contributed by atoms with Crippen LogP contribution in [0.25, 0.3) is 11.0 Å². The minimum absolute atomic E-state index is 0.518. The Hall–Kier alpha value is -0.380. The lowest BCUT2D eigenvalue weighted by Gasteiger charge is -2.25. The van der Waals surface area contributed by atoms with E-state index in [0.29, 0.717) is 11.9 Å². The lowest BCUT2D eigenvalue weighted by Crippen LogP contribution is -2.18. The van der Waals surface area contributed by atoms with Crippen molar-refractivity contribution in [3.8, 4) is 0 Å². The van der Waals surface area contributed by atoms with Gasteiger partial charge in [0.25, 0.3) is 0 Å². The van der Waals surface area contributed by atoms with Gasteiger partial charge >= 0.3 is 0 Å². The van der Waals surface area contributed by atoms with Gasteiger partial charge in [0.05, 0.1) is 16.1 Å². The molecule has 2 heterocycles. The average molecular weight is 315 g/mol. The van der Waals surface area contributed by atoms with Crippen molar-refractivity contribution < 1.29 is 0 Å². The van der Waals surface area contributed by atoms with E-state index in [1.807, 2.05) is 30.0 Å². The monoisotopic (exact) mass is 314 g/mol. The van der Waals surface area contributed by atoms with Gasteiger partial charge in [-0.25, -0.2) is 4.98 Å². The SMILES string of the molecule is ClCCc1nc2cccc(Cl)c2n1C1CCSCC1. The molecule has 1 aliphatic rings. The van der Waals surface area contributed by atoms with E-state index >= 15 is 0 Å². The molecule has 0 radical (unpaired) electrons. The van der Waals surface area contributed by atoms with E-state index in [2.05, 4.69) is 4.57 Å². The predicted octanol–water partition coefficient (Wildman–Crippen LogP) is 4.54. The fraction of sp³-hybridized carbons (Fsp3) is 0.500. The van der Waals surface area contributed by atoms with E-state index in [0.717, 1.165) is 28.3 Å².